The molecule has 7 heteroatoms. The van der Waals surface area contributed by atoms with Crippen LogP contribution in [-0.2, 0) is 14.3 Å². The molecule has 0 spiro atoms. The normalized spacial score (nSPS) is 13.2. The number of carbonyl (C=O) groups excluding carboxylic acids is 4. The van der Waals surface area contributed by atoms with Gasteiger partial charge < -0.3 is 4.74 Å². The smallest absolute Gasteiger partial charge is 0.326 e. The average molecular weight is 444 g/mol. The second-order valence-corrected chi connectivity index (χ2v) is 8.81. The molecule has 3 aromatic carbocycles. The largest absolute Gasteiger partial charge is 0.459 e. The van der Waals surface area contributed by atoms with Crippen molar-refractivity contribution in [3.8, 4) is 0 Å². The van der Waals surface area contributed by atoms with E-state index in [1.54, 1.807) is 57.2 Å². The second-order valence-electron chi connectivity index (χ2n) is 8.81. The van der Waals surface area contributed by atoms with E-state index in [-0.39, 0.29) is 17.7 Å². The number of hydrogen-bond donors (Lipinski definition) is 0. The summed E-state index contributed by atoms with van der Waals surface area (Å²) in [4.78, 5) is 53.9. The highest BCUT2D eigenvalue weighted by Gasteiger charge is 2.37. The standard InChI is InChI=1S/C26H24N2O5/c1-26(2,3)33-23(30)16-27(21-14-8-10-17-9-4-5-11-18(17)21)22(29)15-28-24(31)19-12-6-7-13-20(19)25(28)32/h4-14H,15-16H2,1-3H3. The van der Waals surface area contributed by atoms with Gasteiger partial charge in [0.05, 0.1) is 16.8 Å². The zero-order valence-corrected chi connectivity index (χ0v) is 18.7. The van der Waals surface area contributed by atoms with E-state index in [4.69, 9.17) is 4.74 Å². The van der Waals surface area contributed by atoms with Gasteiger partial charge in [-0.3, -0.25) is 29.0 Å². The van der Waals surface area contributed by atoms with E-state index in [9.17, 15) is 19.2 Å². The molecular weight excluding hydrogens is 420 g/mol. The zero-order chi connectivity index (χ0) is 23.8. The molecule has 0 atom stereocenters. The van der Waals surface area contributed by atoms with Crippen LogP contribution in [0.5, 0.6) is 0 Å². The number of esters is 1. The number of carbonyl (C=O) groups is 4. The number of rotatable bonds is 5. The van der Waals surface area contributed by atoms with Gasteiger partial charge in [-0.1, -0.05) is 48.5 Å². The molecule has 3 aromatic rings. The van der Waals surface area contributed by atoms with Crippen LogP contribution < -0.4 is 4.90 Å². The van der Waals surface area contributed by atoms with E-state index in [1.165, 1.54) is 4.90 Å². The van der Waals surface area contributed by atoms with Crippen molar-refractivity contribution in [1.29, 1.82) is 0 Å². The topological polar surface area (TPSA) is 84.0 Å². The monoisotopic (exact) mass is 444 g/mol. The Labute approximate surface area is 191 Å². The van der Waals surface area contributed by atoms with Gasteiger partial charge in [0.2, 0.25) is 5.91 Å². The van der Waals surface area contributed by atoms with Crippen molar-refractivity contribution < 1.29 is 23.9 Å². The quantitative estimate of drug-likeness (QED) is 0.441. The lowest BCUT2D eigenvalue weighted by Gasteiger charge is -2.27. The maximum Gasteiger partial charge on any atom is 0.326 e. The first-order valence-corrected chi connectivity index (χ1v) is 10.6. The number of nitrogens with zero attached hydrogens (tertiary/aromatic N) is 2. The SMILES string of the molecule is CC(C)(C)OC(=O)CN(C(=O)CN1C(=O)c2ccccc2C1=O)c1cccc2ccccc12. The van der Waals surface area contributed by atoms with Gasteiger partial charge in [0, 0.05) is 5.39 Å². The second kappa shape index (κ2) is 8.50. The van der Waals surface area contributed by atoms with E-state index < -0.39 is 35.8 Å². The first kappa shape index (κ1) is 22.2. The van der Waals surface area contributed by atoms with E-state index in [0.29, 0.717) is 5.69 Å². The first-order valence-electron chi connectivity index (χ1n) is 10.6. The molecule has 0 saturated carbocycles. The molecule has 0 bridgehead atoms. The van der Waals surface area contributed by atoms with Gasteiger partial charge in [0.1, 0.15) is 18.7 Å². The maximum atomic E-state index is 13.5. The molecule has 0 saturated heterocycles. The molecule has 1 heterocycles. The van der Waals surface area contributed by atoms with Crippen LogP contribution >= 0.6 is 0 Å². The van der Waals surface area contributed by atoms with E-state index in [2.05, 4.69) is 0 Å². The van der Waals surface area contributed by atoms with E-state index in [0.717, 1.165) is 15.7 Å². The van der Waals surface area contributed by atoms with Crippen LogP contribution in [0.15, 0.2) is 66.7 Å². The molecule has 0 aliphatic carbocycles. The van der Waals surface area contributed by atoms with Crippen molar-refractivity contribution in [2.24, 2.45) is 0 Å². The van der Waals surface area contributed by atoms with Crippen molar-refractivity contribution in [3.05, 3.63) is 77.9 Å². The summed E-state index contributed by atoms with van der Waals surface area (Å²) in [5.74, 6) is -2.21. The van der Waals surface area contributed by atoms with E-state index >= 15 is 0 Å². The van der Waals surface area contributed by atoms with Gasteiger partial charge in [-0.15, -0.1) is 0 Å². The zero-order valence-electron chi connectivity index (χ0n) is 18.7. The Kier molecular flexibility index (Phi) is 5.72. The number of fused-ring (bicyclic) bond motifs is 2. The highest BCUT2D eigenvalue weighted by Crippen LogP contribution is 2.28. The maximum absolute atomic E-state index is 13.5. The molecule has 33 heavy (non-hydrogen) atoms. The van der Waals surface area contributed by atoms with Gasteiger partial charge >= 0.3 is 5.97 Å². The predicted molar refractivity (Wildman–Crippen MR) is 124 cm³/mol. The third-order valence-electron chi connectivity index (χ3n) is 5.24. The van der Waals surface area contributed by atoms with Gasteiger partial charge in [-0.05, 0) is 44.4 Å². The molecule has 168 valence electrons. The Morgan fingerprint density at radius 2 is 1.42 bits per heavy atom. The average Bonchev–Trinajstić information content (AvgIpc) is 3.01. The van der Waals surface area contributed by atoms with E-state index in [1.807, 2.05) is 30.3 Å². The Balaban J connectivity index is 1.67. The number of anilines is 1. The number of hydrogen-bond acceptors (Lipinski definition) is 5. The van der Waals surface area contributed by atoms with Gasteiger partial charge in [0.25, 0.3) is 11.8 Å². The Bertz CT molecular complexity index is 1230. The third kappa shape index (κ3) is 4.48. The van der Waals surface area contributed by atoms with Crippen LogP contribution in [0.1, 0.15) is 41.5 Å². The summed E-state index contributed by atoms with van der Waals surface area (Å²) >= 11 is 0. The fourth-order valence-corrected chi connectivity index (χ4v) is 3.86. The highest BCUT2D eigenvalue weighted by molar-refractivity contribution is 6.23. The minimum Gasteiger partial charge on any atom is -0.459 e. The van der Waals surface area contributed by atoms with Crippen molar-refractivity contribution in [3.63, 3.8) is 0 Å². The fraction of sp³-hybridized carbons (Fsp3) is 0.231. The Morgan fingerprint density at radius 3 is 2.06 bits per heavy atom. The van der Waals surface area contributed by atoms with Crippen molar-refractivity contribution in [2.75, 3.05) is 18.0 Å². The number of amides is 3. The molecule has 1 aliphatic heterocycles. The molecule has 3 amide bonds. The summed E-state index contributed by atoms with van der Waals surface area (Å²) in [5.41, 5.74) is 0.298. The van der Waals surface area contributed by atoms with Gasteiger partial charge in [-0.25, -0.2) is 0 Å². The molecule has 0 radical (unpaired) electrons. The van der Waals surface area contributed by atoms with Crippen LogP contribution in [0, 0.1) is 0 Å². The number of ether oxygens (including phenoxy) is 1. The minimum absolute atomic E-state index is 0.263. The van der Waals surface area contributed by atoms with Crippen LogP contribution in [0.25, 0.3) is 10.8 Å². The Hall–Kier alpha value is -4.00. The molecule has 1 aliphatic rings. The molecule has 7 nitrogen and oxygen atoms in total. The van der Waals surface area contributed by atoms with Crippen LogP contribution in [0.4, 0.5) is 5.69 Å². The predicted octanol–water partition coefficient (Wildman–Crippen LogP) is 3.81. The molecule has 0 N–H and O–H groups in total. The van der Waals surface area contributed by atoms with Crippen LogP contribution in [-0.4, -0.2) is 47.3 Å². The van der Waals surface area contributed by atoms with Crippen LogP contribution in [0.2, 0.25) is 0 Å². The highest BCUT2D eigenvalue weighted by atomic mass is 16.6. The summed E-state index contributed by atoms with van der Waals surface area (Å²) in [6.45, 7) is 4.39. The van der Waals surface area contributed by atoms with Crippen molar-refractivity contribution in [2.45, 2.75) is 26.4 Å². The molecule has 4 rings (SSSR count). The third-order valence-corrected chi connectivity index (χ3v) is 5.24. The van der Waals surface area contributed by atoms with Crippen LogP contribution in [0.3, 0.4) is 0 Å². The molecule has 0 unspecified atom stereocenters. The Morgan fingerprint density at radius 1 is 0.848 bits per heavy atom. The summed E-state index contributed by atoms with van der Waals surface area (Å²) in [6.07, 6.45) is 0. The minimum atomic E-state index is -0.729. The van der Waals surface area contributed by atoms with Crippen molar-refractivity contribution >= 4 is 40.2 Å². The summed E-state index contributed by atoms with van der Waals surface area (Å²) in [7, 11) is 0. The molecular formula is C26H24N2O5. The lowest BCUT2D eigenvalue weighted by atomic mass is 10.1. The number of imide groups is 1. The van der Waals surface area contributed by atoms with Crippen molar-refractivity contribution in [1.82, 2.24) is 4.90 Å². The lowest BCUT2D eigenvalue weighted by Crippen LogP contribution is -2.45. The van der Waals surface area contributed by atoms with Gasteiger partial charge in [0.15, 0.2) is 0 Å². The fourth-order valence-electron chi connectivity index (χ4n) is 3.86. The molecule has 0 fully saturated rings. The molecule has 0 aromatic heterocycles. The number of benzene rings is 3. The summed E-state index contributed by atoms with van der Waals surface area (Å²) < 4.78 is 5.43. The summed E-state index contributed by atoms with van der Waals surface area (Å²) in [5, 5.41) is 1.65. The first-order chi connectivity index (χ1) is 15.7. The summed E-state index contributed by atoms with van der Waals surface area (Å²) in [6, 6.07) is 19.3. The lowest BCUT2D eigenvalue weighted by molar-refractivity contribution is -0.153. The van der Waals surface area contributed by atoms with Gasteiger partial charge in [-0.2, -0.15) is 0 Å².